The van der Waals surface area contributed by atoms with Gasteiger partial charge in [0.15, 0.2) is 11.6 Å². The van der Waals surface area contributed by atoms with E-state index >= 15 is 4.39 Å². The van der Waals surface area contributed by atoms with Crippen LogP contribution in [0.5, 0.6) is 11.6 Å². The van der Waals surface area contributed by atoms with Crippen LogP contribution in [0.25, 0.3) is 5.69 Å². The number of carbonyl (C=O) groups excluding carboxylic acids is 1. The normalized spacial score (nSPS) is 15.5. The Morgan fingerprint density at radius 3 is 2.53 bits per heavy atom. The molecule has 1 fully saturated rings. The second-order valence-electron chi connectivity index (χ2n) is 11.5. The predicted molar refractivity (Wildman–Crippen MR) is 163 cm³/mol. The van der Waals surface area contributed by atoms with E-state index in [0.29, 0.717) is 19.0 Å². The predicted octanol–water partition coefficient (Wildman–Crippen LogP) is 3.76. The summed E-state index contributed by atoms with van der Waals surface area (Å²) in [5.41, 5.74) is -0.0468. The number of nitrogens with zero attached hydrogens (tertiary/aromatic N) is 6. The number of aromatic nitrogens is 4. The Hall–Kier alpha value is -4.75. The number of amides is 1. The molecule has 0 spiro atoms. The van der Waals surface area contributed by atoms with Gasteiger partial charge >= 0.3 is 5.69 Å². The number of halogens is 2. The van der Waals surface area contributed by atoms with Crippen molar-refractivity contribution in [3.8, 4) is 17.3 Å². The summed E-state index contributed by atoms with van der Waals surface area (Å²) in [5, 5.41) is 2.53. The van der Waals surface area contributed by atoms with Gasteiger partial charge in [-0.05, 0) is 63.2 Å². The minimum absolute atomic E-state index is 0.0712. The van der Waals surface area contributed by atoms with Crippen molar-refractivity contribution in [2.75, 3.05) is 31.5 Å². The fourth-order valence-electron chi connectivity index (χ4n) is 5.66. The van der Waals surface area contributed by atoms with E-state index in [9.17, 15) is 18.8 Å². The van der Waals surface area contributed by atoms with Crippen LogP contribution in [0.15, 0.2) is 64.6 Å². The fraction of sp³-hybridized carbons (Fsp3) is 0.344. The van der Waals surface area contributed by atoms with Gasteiger partial charge in [0.2, 0.25) is 5.88 Å². The Bertz CT molecular complexity index is 1870. The summed E-state index contributed by atoms with van der Waals surface area (Å²) >= 11 is 0. The van der Waals surface area contributed by atoms with Crippen LogP contribution >= 0.6 is 0 Å². The quantitative estimate of drug-likeness (QED) is 0.318. The molecular weight excluding hydrogens is 584 g/mol. The van der Waals surface area contributed by atoms with Crippen LogP contribution < -0.4 is 21.3 Å². The summed E-state index contributed by atoms with van der Waals surface area (Å²) in [7, 11) is 0. The lowest BCUT2D eigenvalue weighted by molar-refractivity contribution is 0.0284. The Kier molecular flexibility index (Phi) is 8.30. The highest BCUT2D eigenvalue weighted by Gasteiger charge is 2.34. The summed E-state index contributed by atoms with van der Waals surface area (Å²) in [6, 6.07) is 8.77. The first-order chi connectivity index (χ1) is 21.6. The van der Waals surface area contributed by atoms with Crippen LogP contribution in [-0.2, 0) is 13.0 Å². The number of likely N-dealkylation sites (N-methyl/N-ethyl adjacent to an activating group) is 1. The van der Waals surface area contributed by atoms with Crippen molar-refractivity contribution in [3.05, 3.63) is 104 Å². The highest BCUT2D eigenvalue weighted by molar-refractivity contribution is 6.03. The fourth-order valence-corrected chi connectivity index (χ4v) is 5.66. The van der Waals surface area contributed by atoms with Crippen LogP contribution in [0.3, 0.4) is 0 Å². The third kappa shape index (κ3) is 6.00. The van der Waals surface area contributed by atoms with Gasteiger partial charge in [-0.25, -0.2) is 28.1 Å². The Balaban J connectivity index is 1.21. The topological polar surface area (TPSA) is 115 Å². The van der Waals surface area contributed by atoms with Gasteiger partial charge in [-0.15, -0.1) is 0 Å². The molecule has 234 valence electrons. The van der Waals surface area contributed by atoms with Gasteiger partial charge in [-0.2, -0.15) is 0 Å². The molecule has 13 heteroatoms. The molecule has 2 aromatic heterocycles. The van der Waals surface area contributed by atoms with Gasteiger partial charge in [0, 0.05) is 61.8 Å². The van der Waals surface area contributed by atoms with E-state index in [4.69, 9.17) is 4.74 Å². The van der Waals surface area contributed by atoms with E-state index in [-0.39, 0.29) is 28.6 Å². The summed E-state index contributed by atoms with van der Waals surface area (Å²) in [6.45, 7) is 10.2. The third-order valence-corrected chi connectivity index (χ3v) is 8.29. The second-order valence-corrected chi connectivity index (χ2v) is 11.5. The van der Waals surface area contributed by atoms with Crippen molar-refractivity contribution in [3.63, 3.8) is 0 Å². The van der Waals surface area contributed by atoms with E-state index in [1.165, 1.54) is 41.4 Å². The number of ether oxygens (including phenoxy) is 1. The van der Waals surface area contributed by atoms with Crippen molar-refractivity contribution in [2.45, 2.75) is 45.8 Å². The molecule has 6 rings (SSSR count). The standard InChI is InChI=1S/C32H33F2N7O4/c1-4-38-14-23(15-38)39-12-11-24-27(17-39)35-18-36-30(24)45-28-10-7-21(13-26(28)34)37-29(42)25-16-40(19(2)3)32(44)41(31(25)43)22-8-5-20(33)6-9-22/h5-10,13,16,18-19,23H,4,11-12,14-15,17H2,1-3H3,(H,37,42). The van der Waals surface area contributed by atoms with E-state index in [0.717, 1.165) is 60.2 Å². The minimum Gasteiger partial charge on any atom is -0.436 e. The Morgan fingerprint density at radius 1 is 1.09 bits per heavy atom. The second kappa shape index (κ2) is 12.3. The van der Waals surface area contributed by atoms with Gasteiger partial charge in [0.05, 0.1) is 11.4 Å². The third-order valence-electron chi connectivity index (χ3n) is 8.29. The molecule has 4 heterocycles. The molecule has 0 aliphatic carbocycles. The number of carbonyl (C=O) groups is 1. The van der Waals surface area contributed by atoms with Crippen molar-refractivity contribution >= 4 is 11.6 Å². The summed E-state index contributed by atoms with van der Waals surface area (Å²) in [5.74, 6) is -1.93. The van der Waals surface area contributed by atoms with Gasteiger partial charge in [0.25, 0.3) is 11.5 Å². The van der Waals surface area contributed by atoms with Gasteiger partial charge in [-0.1, -0.05) is 6.92 Å². The lowest BCUT2D eigenvalue weighted by atomic mass is 10.0. The van der Waals surface area contributed by atoms with Gasteiger partial charge in [-0.3, -0.25) is 19.1 Å². The molecule has 0 bridgehead atoms. The number of nitrogens with one attached hydrogen (secondary N) is 1. The highest BCUT2D eigenvalue weighted by Crippen LogP contribution is 2.32. The maximum Gasteiger partial charge on any atom is 0.335 e. The lowest BCUT2D eigenvalue weighted by Gasteiger charge is -2.46. The maximum atomic E-state index is 15.3. The number of anilines is 1. The molecule has 0 unspecified atom stereocenters. The summed E-state index contributed by atoms with van der Waals surface area (Å²) in [4.78, 5) is 53.2. The Labute approximate surface area is 257 Å². The Morgan fingerprint density at radius 2 is 1.84 bits per heavy atom. The molecule has 45 heavy (non-hydrogen) atoms. The van der Waals surface area contributed by atoms with Crippen molar-refractivity contribution in [2.24, 2.45) is 0 Å². The van der Waals surface area contributed by atoms with Crippen molar-refractivity contribution < 1.29 is 18.3 Å². The van der Waals surface area contributed by atoms with E-state index in [1.807, 2.05) is 0 Å². The number of rotatable bonds is 8. The van der Waals surface area contributed by atoms with Crippen LogP contribution in [0.1, 0.15) is 48.4 Å². The highest BCUT2D eigenvalue weighted by atomic mass is 19.1. The molecule has 0 saturated carbocycles. The molecule has 2 aliphatic rings. The summed E-state index contributed by atoms with van der Waals surface area (Å²) in [6.07, 6.45) is 3.26. The number of benzene rings is 2. The van der Waals surface area contributed by atoms with E-state index in [2.05, 4.69) is 32.0 Å². The van der Waals surface area contributed by atoms with E-state index < -0.39 is 34.8 Å². The molecule has 11 nitrogen and oxygen atoms in total. The molecule has 4 aromatic rings. The van der Waals surface area contributed by atoms with Crippen LogP contribution in [0.4, 0.5) is 14.5 Å². The molecular formula is C32H33F2N7O4. The van der Waals surface area contributed by atoms with Gasteiger partial charge < -0.3 is 15.0 Å². The minimum atomic E-state index is -0.895. The van der Waals surface area contributed by atoms with Crippen LogP contribution in [0, 0.1) is 11.6 Å². The maximum absolute atomic E-state index is 15.3. The average Bonchev–Trinajstić information content (AvgIpc) is 2.99. The summed E-state index contributed by atoms with van der Waals surface area (Å²) < 4.78 is 36.7. The molecule has 0 atom stereocenters. The SMILES string of the molecule is CCN1CC(N2CCc3c(ncnc3Oc3ccc(NC(=O)c4cn(C(C)C)c(=O)n(-c5ccc(F)cc5)c4=O)cc3F)C2)C1. The zero-order chi connectivity index (χ0) is 31.8. The molecule has 0 radical (unpaired) electrons. The number of fused-ring (bicyclic) bond motifs is 1. The first kappa shape index (κ1) is 30.3. The number of hydrogen-bond acceptors (Lipinski definition) is 8. The number of likely N-dealkylation sites (tertiary alicyclic amines) is 1. The van der Waals surface area contributed by atoms with Crippen LogP contribution in [0.2, 0.25) is 0 Å². The molecule has 2 aliphatic heterocycles. The average molecular weight is 618 g/mol. The number of hydrogen-bond donors (Lipinski definition) is 1. The molecule has 1 N–H and O–H groups in total. The van der Waals surface area contributed by atoms with Crippen molar-refractivity contribution in [1.29, 1.82) is 0 Å². The molecule has 1 saturated heterocycles. The first-order valence-electron chi connectivity index (χ1n) is 14.8. The zero-order valence-corrected chi connectivity index (χ0v) is 25.2. The zero-order valence-electron chi connectivity index (χ0n) is 25.2. The molecule has 1 amide bonds. The lowest BCUT2D eigenvalue weighted by Crippen LogP contribution is -2.59. The smallest absolute Gasteiger partial charge is 0.335 e. The molecule has 2 aromatic carbocycles. The monoisotopic (exact) mass is 617 g/mol. The van der Waals surface area contributed by atoms with Gasteiger partial charge in [0.1, 0.15) is 17.7 Å². The van der Waals surface area contributed by atoms with Crippen molar-refractivity contribution in [1.82, 2.24) is 28.9 Å². The van der Waals surface area contributed by atoms with Crippen LogP contribution in [-0.4, -0.2) is 67.0 Å². The first-order valence-corrected chi connectivity index (χ1v) is 14.8. The largest absolute Gasteiger partial charge is 0.436 e. The van der Waals surface area contributed by atoms with E-state index in [1.54, 1.807) is 13.8 Å².